The van der Waals surface area contributed by atoms with Gasteiger partial charge in [0, 0.05) is 31.5 Å². The minimum atomic E-state index is -5.36. The Morgan fingerprint density at radius 2 is 1.91 bits per heavy atom. The quantitative estimate of drug-likeness (QED) is 0.659. The molecule has 1 aromatic carbocycles. The van der Waals surface area contributed by atoms with Gasteiger partial charge in [-0.15, -0.1) is 0 Å². The van der Waals surface area contributed by atoms with Gasteiger partial charge >= 0.3 is 11.6 Å². The Morgan fingerprint density at radius 3 is 2.52 bits per heavy atom. The minimum absolute atomic E-state index is 0.0619. The third-order valence-electron chi connectivity index (χ3n) is 6.69. The lowest BCUT2D eigenvalue weighted by molar-refractivity contribution is -0.147. The average Bonchev–Trinajstić information content (AvgIpc) is 3.15. The zero-order valence-corrected chi connectivity index (χ0v) is 18.8. The Balaban J connectivity index is 1.24. The summed E-state index contributed by atoms with van der Waals surface area (Å²) < 4.78 is 66.6. The molecule has 0 saturated carbocycles. The van der Waals surface area contributed by atoms with Crippen LogP contribution >= 0.6 is 0 Å². The topological polar surface area (TPSA) is 96.0 Å². The number of alkyl carbamates (subject to hydrolysis) is 1. The molecule has 33 heavy (non-hydrogen) atoms. The Hall–Kier alpha value is -2.34. The van der Waals surface area contributed by atoms with Crippen LogP contribution in [0.4, 0.5) is 18.0 Å². The van der Waals surface area contributed by atoms with Crippen LogP contribution in [0.3, 0.4) is 0 Å². The summed E-state index contributed by atoms with van der Waals surface area (Å²) in [6.45, 7) is 3.48. The summed E-state index contributed by atoms with van der Waals surface area (Å²) in [4.78, 5) is 26.6. The van der Waals surface area contributed by atoms with Gasteiger partial charge < -0.3 is 15.0 Å². The van der Waals surface area contributed by atoms with Crippen LogP contribution in [-0.2, 0) is 25.9 Å². The Morgan fingerprint density at radius 1 is 1.21 bits per heavy atom. The molecule has 0 aromatic heterocycles. The van der Waals surface area contributed by atoms with E-state index in [1.165, 1.54) is 6.07 Å². The van der Waals surface area contributed by atoms with Gasteiger partial charge in [-0.1, -0.05) is 12.1 Å². The highest BCUT2D eigenvalue weighted by Gasteiger charge is 2.48. The number of halogens is 3. The number of amides is 2. The van der Waals surface area contributed by atoms with E-state index in [-0.39, 0.29) is 24.0 Å². The van der Waals surface area contributed by atoms with Crippen molar-refractivity contribution in [1.29, 1.82) is 0 Å². The molecular weight excluding hydrogens is 463 g/mol. The number of likely N-dealkylation sites (tertiary alicyclic amines) is 2. The maximum Gasteiger partial charge on any atom is 0.501 e. The molecule has 1 N–H and O–H groups in total. The first-order valence-electron chi connectivity index (χ1n) is 10.8. The van der Waals surface area contributed by atoms with Crippen LogP contribution in [0.1, 0.15) is 31.2 Å². The van der Waals surface area contributed by atoms with Gasteiger partial charge in [-0.2, -0.15) is 13.2 Å². The molecule has 2 amide bonds. The number of nitrogens with one attached hydrogen (secondary N) is 1. The van der Waals surface area contributed by atoms with Crippen molar-refractivity contribution in [3.63, 3.8) is 0 Å². The zero-order valence-electron chi connectivity index (χ0n) is 17.9. The highest BCUT2D eigenvalue weighted by Crippen LogP contribution is 2.41. The van der Waals surface area contributed by atoms with Crippen LogP contribution in [0.15, 0.2) is 29.2 Å². The molecule has 1 spiro atoms. The molecule has 0 aliphatic carbocycles. The Labute approximate surface area is 190 Å². The highest BCUT2D eigenvalue weighted by molar-refractivity contribution is 7.92. The lowest BCUT2D eigenvalue weighted by atomic mass is 9.71. The minimum Gasteiger partial charge on any atom is -0.447 e. The summed E-state index contributed by atoms with van der Waals surface area (Å²) in [5.74, 6) is 0.0619. The molecule has 3 heterocycles. The van der Waals surface area contributed by atoms with E-state index >= 15 is 0 Å². The first kappa shape index (κ1) is 23.8. The number of cyclic esters (lactones) is 1. The summed E-state index contributed by atoms with van der Waals surface area (Å²) in [5, 5.41) is 2.66. The van der Waals surface area contributed by atoms with Gasteiger partial charge in [-0.05, 0) is 50.0 Å². The number of ether oxygens (including phenoxy) is 1. The number of benzene rings is 1. The van der Waals surface area contributed by atoms with Crippen molar-refractivity contribution in [2.24, 2.45) is 5.41 Å². The second-order valence-electron chi connectivity index (χ2n) is 9.10. The molecule has 3 saturated heterocycles. The zero-order chi connectivity index (χ0) is 23.9. The fourth-order valence-electron chi connectivity index (χ4n) is 4.68. The van der Waals surface area contributed by atoms with Crippen LogP contribution in [-0.4, -0.2) is 74.6 Å². The van der Waals surface area contributed by atoms with Gasteiger partial charge in [-0.25, -0.2) is 13.2 Å². The van der Waals surface area contributed by atoms with Crippen LogP contribution in [0.25, 0.3) is 0 Å². The van der Waals surface area contributed by atoms with Crippen LogP contribution < -0.4 is 5.32 Å². The van der Waals surface area contributed by atoms with E-state index in [1.807, 2.05) is 4.90 Å². The number of carbonyl (C=O) groups is 2. The summed E-state index contributed by atoms with van der Waals surface area (Å²) >= 11 is 0. The van der Waals surface area contributed by atoms with E-state index in [9.17, 15) is 31.2 Å². The predicted molar refractivity (Wildman–Crippen MR) is 111 cm³/mol. The van der Waals surface area contributed by atoms with Crippen LogP contribution in [0.2, 0.25) is 0 Å². The van der Waals surface area contributed by atoms with Crippen LogP contribution in [0, 0.1) is 5.41 Å². The van der Waals surface area contributed by atoms with E-state index < -0.39 is 26.3 Å². The van der Waals surface area contributed by atoms with Crippen molar-refractivity contribution in [2.45, 2.75) is 48.7 Å². The largest absolute Gasteiger partial charge is 0.501 e. The van der Waals surface area contributed by atoms with Gasteiger partial charge in [-0.3, -0.25) is 9.69 Å². The van der Waals surface area contributed by atoms with Gasteiger partial charge in [0.15, 0.2) is 0 Å². The van der Waals surface area contributed by atoms with Gasteiger partial charge in [0.25, 0.3) is 9.84 Å². The second kappa shape index (κ2) is 8.79. The first-order chi connectivity index (χ1) is 15.5. The van der Waals surface area contributed by atoms with Crippen LogP contribution in [0.5, 0.6) is 0 Å². The molecule has 3 aliphatic heterocycles. The summed E-state index contributed by atoms with van der Waals surface area (Å²) in [5.41, 5.74) is -4.74. The molecule has 1 atom stereocenters. The summed E-state index contributed by atoms with van der Waals surface area (Å²) in [7, 11) is -5.36. The molecule has 182 valence electrons. The number of rotatable bonds is 6. The number of alkyl halides is 3. The van der Waals surface area contributed by atoms with E-state index in [0.717, 1.165) is 38.1 Å². The van der Waals surface area contributed by atoms with E-state index in [1.54, 1.807) is 6.07 Å². The fraction of sp³-hybridized carbons (Fsp3) is 0.619. The summed E-state index contributed by atoms with van der Waals surface area (Å²) in [6.07, 6.45) is 2.18. The van der Waals surface area contributed by atoms with Crippen molar-refractivity contribution in [3.05, 3.63) is 29.8 Å². The standard InChI is InChI=1S/C21H26F3N3O5S/c22-21(23,24)33(30,31)17-3-1-2-15(10-17)11-26-8-6-20(7-9-26)13-27(14-20)18(28)5-4-16-12-32-19(29)25-16/h1-3,10,16H,4-9,11-14H2,(H,25,29)/t16-/m1/s1. The SMILES string of the molecule is O=C1N[C@H](CCC(=O)N2CC3(CCN(Cc4cccc(S(=O)(=O)C(F)(F)F)c4)CC3)C2)CO1. The van der Waals surface area contributed by atoms with Crippen molar-refractivity contribution < 1.29 is 35.9 Å². The molecule has 0 radical (unpaired) electrons. The molecule has 3 aliphatic rings. The van der Waals surface area contributed by atoms with E-state index in [2.05, 4.69) is 10.2 Å². The van der Waals surface area contributed by atoms with Crippen molar-refractivity contribution >= 4 is 21.8 Å². The Kier molecular flexibility index (Phi) is 6.34. The fourth-order valence-corrected chi connectivity index (χ4v) is 5.51. The van der Waals surface area contributed by atoms with Gasteiger partial charge in [0.05, 0.1) is 10.9 Å². The maximum atomic E-state index is 12.8. The smallest absolute Gasteiger partial charge is 0.447 e. The molecule has 0 unspecified atom stereocenters. The van der Waals surface area contributed by atoms with Crippen molar-refractivity contribution in [1.82, 2.24) is 15.1 Å². The second-order valence-corrected chi connectivity index (χ2v) is 11.0. The number of carbonyl (C=O) groups excluding carboxylic acids is 2. The number of nitrogens with zero attached hydrogens (tertiary/aromatic N) is 2. The third kappa shape index (κ3) is 5.11. The number of piperidine rings is 1. The molecule has 0 bridgehead atoms. The lowest BCUT2D eigenvalue weighted by Crippen LogP contribution is -2.61. The number of hydrogen-bond acceptors (Lipinski definition) is 6. The Bertz CT molecular complexity index is 1010. The molecular formula is C21H26F3N3O5S. The first-order valence-corrected chi connectivity index (χ1v) is 12.3. The van der Waals surface area contributed by atoms with E-state index in [4.69, 9.17) is 4.74 Å². The lowest BCUT2D eigenvalue weighted by Gasteiger charge is -2.54. The highest BCUT2D eigenvalue weighted by atomic mass is 32.2. The molecule has 4 rings (SSSR count). The monoisotopic (exact) mass is 489 g/mol. The van der Waals surface area contributed by atoms with E-state index in [0.29, 0.717) is 38.0 Å². The van der Waals surface area contributed by atoms with Gasteiger partial charge in [0.1, 0.15) is 6.61 Å². The number of hydrogen-bond donors (Lipinski definition) is 1. The van der Waals surface area contributed by atoms with Crippen molar-refractivity contribution in [3.8, 4) is 0 Å². The van der Waals surface area contributed by atoms with Gasteiger partial charge in [0.2, 0.25) is 5.91 Å². The normalized spacial score (nSPS) is 23.2. The maximum absolute atomic E-state index is 12.8. The summed E-state index contributed by atoms with van der Waals surface area (Å²) in [6, 6.07) is 4.89. The molecule has 8 nitrogen and oxygen atoms in total. The molecule has 1 aromatic rings. The average molecular weight is 490 g/mol. The number of sulfone groups is 1. The molecule has 3 fully saturated rings. The van der Waals surface area contributed by atoms with Crippen molar-refractivity contribution in [2.75, 3.05) is 32.8 Å². The third-order valence-corrected chi connectivity index (χ3v) is 8.17. The molecule has 12 heteroatoms. The predicted octanol–water partition coefficient (Wildman–Crippen LogP) is 2.29.